The van der Waals surface area contributed by atoms with Crippen molar-refractivity contribution in [2.45, 2.75) is 189 Å². The second-order valence-electron chi connectivity index (χ2n) is 39.0. The van der Waals surface area contributed by atoms with Gasteiger partial charge in [-0.15, -0.1) is 0 Å². The van der Waals surface area contributed by atoms with E-state index in [9.17, 15) is 108 Å². The number of alkyl halides is 2. The molecule has 2 aliphatic carbocycles. The van der Waals surface area contributed by atoms with Gasteiger partial charge < -0.3 is 126 Å². The Labute approximate surface area is 848 Å². The summed E-state index contributed by atoms with van der Waals surface area (Å²) in [5.41, 5.74) is 17.5. The molecule has 1 aliphatic heterocycles. The largest absolute Gasteiger partial charge is 0.506 e. The molecule has 3 aliphatic rings. The molecule has 3 fully saturated rings. The summed E-state index contributed by atoms with van der Waals surface area (Å²) in [6, 6.07) is 39.2. The lowest BCUT2D eigenvalue weighted by Gasteiger charge is -2.18. The molecule has 1 saturated heterocycles. The number of H-pyrrole nitrogens is 5. The van der Waals surface area contributed by atoms with E-state index in [1.807, 2.05) is 138 Å². The van der Waals surface area contributed by atoms with Gasteiger partial charge in [0.2, 0.25) is 0 Å². The fourth-order valence-corrected chi connectivity index (χ4v) is 20.2. The summed E-state index contributed by atoms with van der Waals surface area (Å²) < 4.78 is 35.9. The van der Waals surface area contributed by atoms with Gasteiger partial charge in [-0.3, -0.25) is 28.9 Å². The topological polar surface area (TPSA) is 554 Å². The number of carboxylic acids is 5. The maximum atomic E-state index is 12.7. The molecule has 0 amide bonds. The average molecular weight is 2030 g/mol. The van der Waals surface area contributed by atoms with Gasteiger partial charge in [0, 0.05) is 216 Å². The number of nitrogens with one attached hydrogen (secondary N) is 9. The molecule has 0 bridgehead atoms. The number of halogens is 2. The number of aromatic amines is 5. The number of fused-ring (bicyclic) bond motifs is 6. The zero-order chi connectivity index (χ0) is 108. The van der Waals surface area contributed by atoms with E-state index in [0.717, 1.165) is 140 Å². The number of nitrogens with two attached hydrogens (primary N) is 1. The zero-order valence-electron chi connectivity index (χ0n) is 85.3. The summed E-state index contributed by atoms with van der Waals surface area (Å²) >= 11 is 0. The summed E-state index contributed by atoms with van der Waals surface area (Å²) in [4.78, 5) is 134. The van der Waals surface area contributed by atoms with Crippen LogP contribution in [0.25, 0.3) is 111 Å². The highest BCUT2D eigenvalue weighted by Crippen LogP contribution is 2.43. The van der Waals surface area contributed by atoms with Crippen LogP contribution < -0.4 is 54.8 Å². The number of aromatic carboxylic acids is 5. The number of carboxylic acid groups (broad SMARTS) is 5. The predicted octanol–water partition coefficient (Wildman–Crippen LogP) is 14.7. The highest BCUT2D eigenvalue weighted by atomic mass is 19.1. The predicted molar refractivity (Wildman–Crippen MR) is 565 cm³/mol. The smallest absolute Gasteiger partial charge is 0.345 e. The van der Waals surface area contributed by atoms with Crippen LogP contribution in [0.5, 0.6) is 28.7 Å². The fraction of sp³-hybridized carbons (Fsp3) is 0.364. The maximum absolute atomic E-state index is 12.7. The molecule has 0 unspecified atom stereocenters. The first-order valence-electron chi connectivity index (χ1n) is 49.4. The minimum atomic E-state index is -1.49. The number of likely N-dealkylation sites (tertiary alicyclic amines) is 1. The zero-order valence-corrected chi connectivity index (χ0v) is 85.3. The van der Waals surface area contributed by atoms with E-state index >= 15 is 0 Å². The first-order valence-corrected chi connectivity index (χ1v) is 49.4. The number of nitrogens with zero attached hydrogens (tertiary/aromatic N) is 6. The molecule has 10 aromatic heterocycles. The van der Waals surface area contributed by atoms with Gasteiger partial charge in [-0.25, -0.2) is 32.8 Å². The van der Waals surface area contributed by atoms with E-state index in [0.29, 0.717) is 124 Å². The van der Waals surface area contributed by atoms with Crippen molar-refractivity contribution in [3.63, 3.8) is 0 Å². The Morgan fingerprint density at radius 1 is 0.378 bits per heavy atom. The van der Waals surface area contributed by atoms with Crippen molar-refractivity contribution in [1.29, 1.82) is 0 Å². The van der Waals surface area contributed by atoms with E-state index in [4.69, 9.17) is 5.73 Å². The number of benzene rings is 5. The molecular weight excluding hydrogens is 1900 g/mol. The van der Waals surface area contributed by atoms with Crippen LogP contribution in [0.1, 0.15) is 203 Å². The lowest BCUT2D eigenvalue weighted by molar-refractivity contribution is 0.0680. The standard InChI is InChI=1S/C25H30N4O4.C22H25N3O4.C21H23F2N3O4.2C21H25N3O4/c1-3-17-22(27-24(31)21(23(17)30)25(32)33)13-5-7-20-15(8-13)9-16(28(20)2)11-29-10-14-4-6-19(26)18(14)12-29;1-4-15-18(24-20(27)17(19(15)26)21(28)29)12-5-6-16-13(9-12)10-14(25(16)3)11-23-22(2)7-8-22;1-3-15-18(25-20(28)17(19(15)27)21(29)30)11-4-5-16-12(6-11)7-14(26(16)2)10-24-13(8-22)9-23;2*1-5-15-18(23-20(26)17(19(15)25)21(27)28)12-6-7-16-13(8-12)9-14(24(16)4)10-22-11(2)3/h5,7-9,14,18-19H,3-4,6,10-12,26H2,1-2H3,(H,32,33)(H2,27,30,31);5-6,9-10,23H,4,7-8,11H2,1-3H3,(H,28,29)(H2,24,26,27);4-7,13,24H,3,8-10H2,1-2H3,(H,29,30)(H2,25,27,28);2*6-9,11,22H,5,10H2,1-4H3,(H,27,28)(H2,23,25,26)/t14-,18+,19-;;;;/m1..../s1. The third-order valence-electron chi connectivity index (χ3n) is 28.8. The number of hydrogen-bond acceptors (Lipinski definition) is 21. The number of rotatable bonds is 31. The number of aryl methyl sites for hydroxylation is 5. The van der Waals surface area contributed by atoms with Crippen LogP contribution >= 0.6 is 0 Å². The van der Waals surface area contributed by atoms with Gasteiger partial charge in [0.25, 0.3) is 27.8 Å². The number of aromatic hydroxyl groups is 5. The second kappa shape index (κ2) is 44.8. The highest BCUT2D eigenvalue weighted by molar-refractivity contribution is 5.98. The lowest BCUT2D eigenvalue weighted by Crippen LogP contribution is -2.32. The van der Waals surface area contributed by atoms with E-state index in [2.05, 4.69) is 135 Å². The van der Waals surface area contributed by atoms with Crippen molar-refractivity contribution in [3.05, 3.63) is 257 Å². The average Bonchev–Trinajstić information content (AvgIpc) is 1.46. The van der Waals surface area contributed by atoms with Crippen LogP contribution in [-0.4, -0.2) is 190 Å². The summed E-state index contributed by atoms with van der Waals surface area (Å²) in [6.07, 6.45) is 6.62. The van der Waals surface area contributed by atoms with Crippen LogP contribution in [0.15, 0.2) is 145 Å². The number of aromatic nitrogens is 10. The highest BCUT2D eigenvalue weighted by Gasteiger charge is 2.42. The normalized spacial score (nSPS) is 14.7. The van der Waals surface area contributed by atoms with Crippen LogP contribution in [0, 0.1) is 11.8 Å². The van der Waals surface area contributed by atoms with E-state index in [1.54, 1.807) is 26.8 Å². The van der Waals surface area contributed by atoms with Gasteiger partial charge in [-0.05, 0) is 195 Å². The SMILES string of the molecule is CCc1c(-c2ccc3c(c2)cc(CN2C[C@H]4CC[C@@H](N)[C@H]4C2)n3C)[nH]c(=O)c(C(=O)O)c1O.CCc1c(-c2ccc3c(c2)cc(CNC(C)C)n3C)[nH]c(=O)c(C(=O)O)c1O.CCc1c(-c2ccc3c(c2)cc(CNC(C)C)n3C)[nH]c(=O)c(C(=O)O)c1O.CCc1c(-c2ccc3c(c2)cc(CNC(CF)CF)n3C)[nH]c(=O)c(C(=O)O)c1O.CCc1c(-c2ccc3c(c2)cc(CNC2(C)CC2)n3C)[nH]c(=O)c(C(=O)O)c1O. The van der Waals surface area contributed by atoms with Gasteiger partial charge in [0.15, 0.2) is 27.8 Å². The summed E-state index contributed by atoms with van der Waals surface area (Å²) in [7, 11) is 9.94. The minimum Gasteiger partial charge on any atom is -0.506 e. The van der Waals surface area contributed by atoms with Crippen LogP contribution in [0.3, 0.4) is 0 Å². The van der Waals surface area contributed by atoms with Crippen molar-refractivity contribution in [3.8, 4) is 85.0 Å². The molecule has 21 N–H and O–H groups in total. The lowest BCUT2D eigenvalue weighted by atomic mass is 9.98. The molecule has 0 radical (unpaired) electrons. The number of pyridine rings is 5. The fourth-order valence-electron chi connectivity index (χ4n) is 20.2. The molecule has 5 aromatic carbocycles. The molecule has 18 rings (SSSR count). The third kappa shape index (κ3) is 22.1. The Balaban J connectivity index is 0.000000146. The van der Waals surface area contributed by atoms with Gasteiger partial charge in [0.05, 0.1) is 34.5 Å². The van der Waals surface area contributed by atoms with Crippen LogP contribution in [-0.2, 0) is 100 Å². The Hall–Kier alpha value is -15.5. The molecule has 0 spiro atoms. The number of carbonyl (C=O) groups is 5. The van der Waals surface area contributed by atoms with Crippen LogP contribution in [0.4, 0.5) is 8.78 Å². The maximum Gasteiger partial charge on any atom is 0.345 e. The molecule has 2 saturated carbocycles. The van der Waals surface area contributed by atoms with E-state index < -0.39 is 134 Å². The van der Waals surface area contributed by atoms with Gasteiger partial charge in [0.1, 0.15) is 42.1 Å². The third-order valence-corrected chi connectivity index (χ3v) is 28.8. The Morgan fingerprint density at radius 2 is 0.628 bits per heavy atom. The van der Waals surface area contributed by atoms with Crippen molar-refractivity contribution >= 4 is 84.4 Å². The van der Waals surface area contributed by atoms with Crippen LogP contribution in [0.2, 0.25) is 0 Å². The molecule has 11 heterocycles. The molecule has 36 nitrogen and oxygen atoms in total. The van der Waals surface area contributed by atoms with E-state index in [-0.39, 0.29) is 12.1 Å². The molecular formula is C110H128F2N16O20. The summed E-state index contributed by atoms with van der Waals surface area (Å²) in [5, 5.41) is 116. The van der Waals surface area contributed by atoms with Gasteiger partial charge >= 0.3 is 29.8 Å². The minimum absolute atomic E-state index is 0.251. The molecule has 3 atom stereocenters. The Morgan fingerprint density at radius 3 is 0.865 bits per heavy atom. The van der Waals surface area contributed by atoms with Gasteiger partial charge in [-0.2, -0.15) is 0 Å². The Bertz CT molecular complexity index is 7830. The summed E-state index contributed by atoms with van der Waals surface area (Å²) in [6.45, 7) is 23.6. The molecule has 148 heavy (non-hydrogen) atoms. The van der Waals surface area contributed by atoms with E-state index in [1.165, 1.54) is 30.7 Å². The second-order valence-corrected chi connectivity index (χ2v) is 39.0. The quantitative estimate of drug-likeness (QED) is 0.0192. The first-order chi connectivity index (χ1) is 70.3. The monoisotopic (exact) mass is 2030 g/mol. The summed E-state index contributed by atoms with van der Waals surface area (Å²) in [5.74, 6) is -8.34. The molecule has 782 valence electrons. The molecule has 15 aromatic rings. The van der Waals surface area contributed by atoms with Crippen molar-refractivity contribution in [2.75, 3.05) is 26.4 Å². The first kappa shape index (κ1) is 108. The van der Waals surface area contributed by atoms with Crippen molar-refractivity contribution in [1.82, 2.24) is 73.9 Å². The number of hydrogen-bond donors (Lipinski definition) is 20. The molecule has 38 heteroatoms. The van der Waals surface area contributed by atoms with Gasteiger partial charge in [-0.1, -0.05) is 92.6 Å². The van der Waals surface area contributed by atoms with Crippen molar-refractivity contribution < 1.29 is 83.8 Å². The Kier molecular flexibility index (Phi) is 32.8. The van der Waals surface area contributed by atoms with Crippen molar-refractivity contribution in [2.24, 2.45) is 52.8 Å².